The molecule has 2 N–H and O–H groups in total. The molecule has 2 aromatic carbocycles. The number of nitrogens with one attached hydrogen (secondary N) is 1. The van der Waals surface area contributed by atoms with Crippen molar-refractivity contribution in [2.24, 2.45) is 5.92 Å². The fraction of sp³-hybridized carbons (Fsp3) is 0.348. The lowest BCUT2D eigenvalue weighted by molar-refractivity contribution is -0.143. The molecule has 6 heteroatoms. The van der Waals surface area contributed by atoms with E-state index < -0.39 is 5.97 Å². The van der Waals surface area contributed by atoms with Crippen LogP contribution in [0.3, 0.4) is 0 Å². The Morgan fingerprint density at radius 1 is 1.03 bits per heavy atom. The van der Waals surface area contributed by atoms with Crippen LogP contribution >= 0.6 is 0 Å². The van der Waals surface area contributed by atoms with Gasteiger partial charge in [0.2, 0.25) is 5.91 Å². The predicted octanol–water partition coefficient (Wildman–Crippen LogP) is 3.76. The van der Waals surface area contributed by atoms with Gasteiger partial charge in [0.25, 0.3) is 5.91 Å². The number of amides is 2. The van der Waals surface area contributed by atoms with E-state index in [-0.39, 0.29) is 23.7 Å². The first-order chi connectivity index (χ1) is 14.0. The third-order valence-electron chi connectivity index (χ3n) is 5.46. The summed E-state index contributed by atoms with van der Waals surface area (Å²) in [4.78, 5) is 38.0. The van der Waals surface area contributed by atoms with Crippen LogP contribution in [-0.4, -0.2) is 40.9 Å². The van der Waals surface area contributed by atoms with E-state index in [1.807, 2.05) is 37.3 Å². The lowest BCUT2D eigenvalue weighted by atomic mass is 9.95. The van der Waals surface area contributed by atoms with Crippen LogP contribution in [0.1, 0.15) is 48.0 Å². The first-order valence-electron chi connectivity index (χ1n) is 9.97. The number of carbonyl (C=O) groups excluding carboxylic acids is 2. The van der Waals surface area contributed by atoms with E-state index in [0.717, 1.165) is 5.56 Å². The average molecular weight is 394 g/mol. The fourth-order valence-electron chi connectivity index (χ4n) is 3.70. The molecular weight excluding hydrogens is 368 g/mol. The Kier molecular flexibility index (Phi) is 6.65. The molecule has 1 unspecified atom stereocenters. The summed E-state index contributed by atoms with van der Waals surface area (Å²) in [5, 5.41) is 12.0. The van der Waals surface area contributed by atoms with E-state index >= 15 is 0 Å². The molecule has 0 radical (unpaired) electrons. The summed E-state index contributed by atoms with van der Waals surface area (Å²) in [6.45, 7) is 2.87. The zero-order valence-electron chi connectivity index (χ0n) is 16.5. The summed E-state index contributed by atoms with van der Waals surface area (Å²) >= 11 is 0. The van der Waals surface area contributed by atoms with Crippen molar-refractivity contribution in [2.75, 3.05) is 18.4 Å². The average Bonchev–Trinajstić information content (AvgIpc) is 2.75. The standard InChI is InChI=1S/C23H26N2O4/c1-2-20(16-6-4-3-5-7-16)21(26)24-19-10-8-17(9-11-19)22(27)25-14-12-18(13-15-25)23(28)29/h3-11,18,20H,2,12-15H2,1H3,(H,24,26)(H,28,29). The van der Waals surface area contributed by atoms with Gasteiger partial charge in [-0.3, -0.25) is 14.4 Å². The summed E-state index contributed by atoms with van der Waals surface area (Å²) in [7, 11) is 0. The SMILES string of the molecule is CCC(C(=O)Nc1ccc(C(=O)N2CCC(C(=O)O)CC2)cc1)c1ccccc1. The summed E-state index contributed by atoms with van der Waals surface area (Å²) in [5.41, 5.74) is 2.15. The molecule has 3 rings (SSSR count). The molecule has 152 valence electrons. The van der Waals surface area contributed by atoms with Gasteiger partial charge in [0.1, 0.15) is 0 Å². The van der Waals surface area contributed by atoms with Crippen LogP contribution < -0.4 is 5.32 Å². The van der Waals surface area contributed by atoms with E-state index in [9.17, 15) is 14.4 Å². The van der Waals surface area contributed by atoms with Crippen LogP contribution in [0.5, 0.6) is 0 Å². The Labute approximate surface area is 170 Å². The second kappa shape index (κ2) is 9.37. The minimum atomic E-state index is -0.793. The van der Waals surface area contributed by atoms with Gasteiger partial charge in [-0.15, -0.1) is 0 Å². The van der Waals surface area contributed by atoms with E-state index in [2.05, 4.69) is 5.32 Å². The Bertz CT molecular complexity index is 856. The summed E-state index contributed by atoms with van der Waals surface area (Å²) in [6, 6.07) is 16.5. The van der Waals surface area contributed by atoms with Gasteiger partial charge in [-0.05, 0) is 49.1 Å². The fourth-order valence-corrected chi connectivity index (χ4v) is 3.70. The molecular formula is C23H26N2O4. The predicted molar refractivity (Wildman–Crippen MR) is 111 cm³/mol. The van der Waals surface area contributed by atoms with Crippen LogP contribution in [0.4, 0.5) is 5.69 Å². The van der Waals surface area contributed by atoms with Crippen molar-refractivity contribution in [3.05, 3.63) is 65.7 Å². The number of carboxylic acid groups (broad SMARTS) is 1. The summed E-state index contributed by atoms with van der Waals surface area (Å²) < 4.78 is 0. The lowest BCUT2D eigenvalue weighted by Gasteiger charge is -2.30. The molecule has 1 aliphatic rings. The number of carboxylic acids is 1. The normalized spacial score (nSPS) is 15.6. The molecule has 6 nitrogen and oxygen atoms in total. The van der Waals surface area contributed by atoms with Crippen molar-refractivity contribution in [3.63, 3.8) is 0 Å². The van der Waals surface area contributed by atoms with Crippen molar-refractivity contribution >= 4 is 23.5 Å². The molecule has 1 aliphatic heterocycles. The maximum atomic E-state index is 12.7. The van der Waals surface area contributed by atoms with Crippen LogP contribution in [0.15, 0.2) is 54.6 Å². The number of nitrogens with zero attached hydrogens (tertiary/aromatic N) is 1. The number of likely N-dealkylation sites (tertiary alicyclic amines) is 1. The number of hydrogen-bond acceptors (Lipinski definition) is 3. The molecule has 1 fully saturated rings. The maximum Gasteiger partial charge on any atom is 0.306 e. The maximum absolute atomic E-state index is 12.7. The smallest absolute Gasteiger partial charge is 0.306 e. The molecule has 1 saturated heterocycles. The van der Waals surface area contributed by atoms with Gasteiger partial charge < -0.3 is 15.3 Å². The van der Waals surface area contributed by atoms with E-state index in [1.165, 1.54) is 0 Å². The van der Waals surface area contributed by atoms with Gasteiger partial charge in [-0.25, -0.2) is 0 Å². The molecule has 0 bridgehead atoms. The van der Waals surface area contributed by atoms with E-state index in [0.29, 0.717) is 43.6 Å². The van der Waals surface area contributed by atoms with E-state index in [4.69, 9.17) is 5.11 Å². The number of aliphatic carboxylic acids is 1. The van der Waals surface area contributed by atoms with Crippen LogP contribution in [0.2, 0.25) is 0 Å². The highest BCUT2D eigenvalue weighted by molar-refractivity contribution is 5.97. The Morgan fingerprint density at radius 2 is 1.66 bits per heavy atom. The largest absolute Gasteiger partial charge is 0.481 e. The first-order valence-corrected chi connectivity index (χ1v) is 9.97. The van der Waals surface area contributed by atoms with E-state index in [1.54, 1.807) is 29.2 Å². The zero-order chi connectivity index (χ0) is 20.8. The van der Waals surface area contributed by atoms with Gasteiger partial charge in [-0.1, -0.05) is 37.3 Å². The number of piperidine rings is 1. The quantitative estimate of drug-likeness (QED) is 0.781. The Balaban J connectivity index is 1.60. The van der Waals surface area contributed by atoms with Crippen LogP contribution in [0, 0.1) is 5.92 Å². The number of anilines is 1. The zero-order valence-corrected chi connectivity index (χ0v) is 16.5. The lowest BCUT2D eigenvalue weighted by Crippen LogP contribution is -2.40. The molecule has 0 spiro atoms. The third kappa shape index (κ3) is 5.02. The van der Waals surface area contributed by atoms with Crippen LogP contribution in [0.25, 0.3) is 0 Å². The Morgan fingerprint density at radius 3 is 2.21 bits per heavy atom. The monoisotopic (exact) mass is 394 g/mol. The highest BCUT2D eigenvalue weighted by Gasteiger charge is 2.27. The van der Waals surface area contributed by atoms with Crippen molar-refractivity contribution in [2.45, 2.75) is 32.1 Å². The van der Waals surface area contributed by atoms with Crippen molar-refractivity contribution in [1.29, 1.82) is 0 Å². The molecule has 0 saturated carbocycles. The Hall–Kier alpha value is -3.15. The highest BCUT2D eigenvalue weighted by atomic mass is 16.4. The summed E-state index contributed by atoms with van der Waals surface area (Å²) in [6.07, 6.45) is 1.65. The minimum absolute atomic E-state index is 0.0754. The number of rotatable bonds is 6. The molecule has 2 amide bonds. The topological polar surface area (TPSA) is 86.7 Å². The molecule has 0 aliphatic carbocycles. The van der Waals surface area contributed by atoms with Gasteiger partial charge in [-0.2, -0.15) is 0 Å². The second-order valence-electron chi connectivity index (χ2n) is 7.34. The van der Waals surface area contributed by atoms with Gasteiger partial charge in [0.05, 0.1) is 11.8 Å². The molecule has 1 heterocycles. The molecule has 0 aromatic heterocycles. The summed E-state index contributed by atoms with van der Waals surface area (Å²) in [5.74, 6) is -1.57. The molecule has 29 heavy (non-hydrogen) atoms. The van der Waals surface area contributed by atoms with Crippen molar-refractivity contribution in [1.82, 2.24) is 4.90 Å². The first kappa shape index (κ1) is 20.6. The third-order valence-corrected chi connectivity index (χ3v) is 5.46. The number of hydrogen-bond donors (Lipinski definition) is 2. The van der Waals surface area contributed by atoms with Crippen molar-refractivity contribution in [3.8, 4) is 0 Å². The highest BCUT2D eigenvalue weighted by Crippen LogP contribution is 2.23. The number of benzene rings is 2. The second-order valence-corrected chi connectivity index (χ2v) is 7.34. The van der Waals surface area contributed by atoms with Gasteiger partial charge >= 0.3 is 5.97 Å². The minimum Gasteiger partial charge on any atom is -0.481 e. The van der Waals surface area contributed by atoms with Gasteiger partial charge in [0.15, 0.2) is 0 Å². The van der Waals surface area contributed by atoms with Gasteiger partial charge in [0, 0.05) is 24.3 Å². The molecule has 1 atom stereocenters. The number of carbonyl (C=O) groups is 3. The molecule has 2 aromatic rings. The van der Waals surface area contributed by atoms with Crippen molar-refractivity contribution < 1.29 is 19.5 Å². The van der Waals surface area contributed by atoms with Crippen LogP contribution in [-0.2, 0) is 9.59 Å².